The summed E-state index contributed by atoms with van der Waals surface area (Å²) in [7, 11) is 0. The summed E-state index contributed by atoms with van der Waals surface area (Å²) in [5, 5.41) is 13.1. The molecule has 0 radical (unpaired) electrons. The van der Waals surface area contributed by atoms with E-state index in [2.05, 4.69) is 19.9 Å². The Morgan fingerprint density at radius 2 is 2.24 bits per heavy atom. The van der Waals surface area contributed by atoms with Crippen molar-refractivity contribution >= 4 is 11.5 Å². The molecule has 1 atom stereocenters. The van der Waals surface area contributed by atoms with Crippen molar-refractivity contribution in [2.45, 2.75) is 31.7 Å². The number of anilines is 1. The van der Waals surface area contributed by atoms with E-state index in [1.165, 1.54) is 17.5 Å². The van der Waals surface area contributed by atoms with Crippen molar-refractivity contribution < 1.29 is 0 Å². The maximum absolute atomic E-state index is 8.99. The number of aromatic nitrogens is 4. The van der Waals surface area contributed by atoms with E-state index in [0.29, 0.717) is 11.6 Å². The summed E-state index contributed by atoms with van der Waals surface area (Å²) in [4.78, 5) is 12.1. The number of rotatable bonds is 3. The lowest BCUT2D eigenvalue weighted by Gasteiger charge is -2.13. The molecule has 2 heterocycles. The van der Waals surface area contributed by atoms with Gasteiger partial charge in [-0.05, 0) is 19.8 Å². The van der Waals surface area contributed by atoms with Crippen LogP contribution in [-0.4, -0.2) is 19.7 Å². The van der Waals surface area contributed by atoms with E-state index in [1.54, 1.807) is 12.4 Å². The highest BCUT2D eigenvalue weighted by atomic mass is 15.3. The molecular weight excluding hydrogens is 266 g/mol. The van der Waals surface area contributed by atoms with E-state index >= 15 is 0 Å². The SMILES string of the molecule is [C-]#[N+]c1c(C#N)nn(C(C)c2cnc(C3CC3)cn2)c1N. The van der Waals surface area contributed by atoms with Gasteiger partial charge in [0, 0.05) is 12.1 Å². The van der Waals surface area contributed by atoms with Crippen LogP contribution in [0.15, 0.2) is 12.4 Å². The molecule has 0 amide bonds. The molecule has 104 valence electrons. The van der Waals surface area contributed by atoms with Crippen LogP contribution < -0.4 is 5.73 Å². The van der Waals surface area contributed by atoms with Crippen molar-refractivity contribution in [3.05, 3.63) is 40.9 Å². The summed E-state index contributed by atoms with van der Waals surface area (Å²) in [5.74, 6) is 0.734. The maximum atomic E-state index is 8.99. The van der Waals surface area contributed by atoms with Crippen molar-refractivity contribution in [1.29, 1.82) is 5.26 Å². The van der Waals surface area contributed by atoms with E-state index in [9.17, 15) is 0 Å². The molecule has 2 N–H and O–H groups in total. The van der Waals surface area contributed by atoms with Crippen molar-refractivity contribution in [2.24, 2.45) is 0 Å². The first-order valence-corrected chi connectivity index (χ1v) is 6.63. The summed E-state index contributed by atoms with van der Waals surface area (Å²) >= 11 is 0. The van der Waals surface area contributed by atoms with Gasteiger partial charge in [-0.3, -0.25) is 14.6 Å². The lowest BCUT2D eigenvalue weighted by Crippen LogP contribution is -2.13. The summed E-state index contributed by atoms with van der Waals surface area (Å²) < 4.78 is 1.45. The number of nitrogens with zero attached hydrogens (tertiary/aromatic N) is 6. The van der Waals surface area contributed by atoms with E-state index < -0.39 is 0 Å². The topological polar surface area (TPSA) is 97.8 Å². The van der Waals surface area contributed by atoms with E-state index in [0.717, 1.165) is 5.69 Å². The second-order valence-electron chi connectivity index (χ2n) is 5.07. The van der Waals surface area contributed by atoms with Crippen LogP contribution in [0.3, 0.4) is 0 Å². The molecular formula is C14H13N7. The van der Waals surface area contributed by atoms with Gasteiger partial charge in [-0.1, -0.05) is 0 Å². The molecule has 0 aliphatic heterocycles. The molecule has 7 nitrogen and oxygen atoms in total. The molecule has 0 saturated heterocycles. The Morgan fingerprint density at radius 1 is 1.48 bits per heavy atom. The lowest BCUT2D eigenvalue weighted by atomic mass is 10.2. The maximum Gasteiger partial charge on any atom is 0.264 e. The molecule has 2 aromatic rings. The molecule has 21 heavy (non-hydrogen) atoms. The zero-order chi connectivity index (χ0) is 15.0. The van der Waals surface area contributed by atoms with Crippen LogP contribution in [0.25, 0.3) is 4.85 Å². The summed E-state index contributed by atoms with van der Waals surface area (Å²) in [6.45, 7) is 8.94. The third kappa shape index (κ3) is 2.19. The predicted molar refractivity (Wildman–Crippen MR) is 75.4 cm³/mol. The summed E-state index contributed by atoms with van der Waals surface area (Å²) in [6, 6.07) is 1.60. The van der Waals surface area contributed by atoms with Gasteiger partial charge in [-0.15, -0.1) is 0 Å². The number of nitriles is 1. The van der Waals surface area contributed by atoms with Crippen LogP contribution in [0.5, 0.6) is 0 Å². The number of hydrogen-bond donors (Lipinski definition) is 1. The molecule has 0 aromatic carbocycles. The van der Waals surface area contributed by atoms with E-state index in [4.69, 9.17) is 17.6 Å². The number of hydrogen-bond acceptors (Lipinski definition) is 5. The molecule has 2 aromatic heterocycles. The first-order chi connectivity index (χ1) is 10.2. The van der Waals surface area contributed by atoms with Crippen LogP contribution in [-0.2, 0) is 0 Å². The van der Waals surface area contributed by atoms with Gasteiger partial charge in [0.05, 0.1) is 30.2 Å². The van der Waals surface area contributed by atoms with Crippen molar-refractivity contribution in [3.8, 4) is 6.07 Å². The molecule has 1 aliphatic rings. The summed E-state index contributed by atoms with van der Waals surface area (Å²) in [5.41, 5.74) is 7.75. The monoisotopic (exact) mass is 279 g/mol. The van der Waals surface area contributed by atoms with Crippen molar-refractivity contribution in [3.63, 3.8) is 0 Å². The van der Waals surface area contributed by atoms with Crippen LogP contribution >= 0.6 is 0 Å². The second-order valence-corrected chi connectivity index (χ2v) is 5.07. The normalized spacial score (nSPS) is 15.2. The van der Waals surface area contributed by atoms with E-state index in [1.807, 2.05) is 13.0 Å². The molecule has 1 aliphatic carbocycles. The third-order valence-corrected chi connectivity index (χ3v) is 3.62. The van der Waals surface area contributed by atoms with Crippen LogP contribution in [0, 0.1) is 17.9 Å². The first-order valence-electron chi connectivity index (χ1n) is 6.63. The first kappa shape index (κ1) is 13.1. The number of nitrogens with two attached hydrogens (primary N) is 1. The molecule has 1 saturated carbocycles. The number of nitrogen functional groups attached to an aromatic ring is 1. The van der Waals surface area contributed by atoms with Gasteiger partial charge in [0.15, 0.2) is 5.69 Å². The molecule has 3 rings (SSSR count). The minimum atomic E-state index is -0.284. The van der Waals surface area contributed by atoms with Gasteiger partial charge in [-0.25, -0.2) is 4.85 Å². The Bertz CT molecular complexity index is 756. The van der Waals surface area contributed by atoms with Crippen LogP contribution in [0.1, 0.15) is 48.8 Å². The van der Waals surface area contributed by atoms with E-state index in [-0.39, 0.29) is 23.2 Å². The van der Waals surface area contributed by atoms with Gasteiger partial charge < -0.3 is 5.73 Å². The van der Waals surface area contributed by atoms with Gasteiger partial charge in [0.2, 0.25) is 0 Å². The Kier molecular flexibility index (Phi) is 3.03. The van der Waals surface area contributed by atoms with Gasteiger partial charge in [0.25, 0.3) is 5.69 Å². The zero-order valence-electron chi connectivity index (χ0n) is 11.5. The minimum absolute atomic E-state index is 0.0388. The fourth-order valence-electron chi connectivity index (χ4n) is 2.20. The predicted octanol–water partition coefficient (Wildman–Crippen LogP) is 2.16. The highest BCUT2D eigenvalue weighted by Gasteiger charge is 2.26. The largest absolute Gasteiger partial charge is 0.393 e. The molecule has 1 unspecified atom stereocenters. The zero-order valence-corrected chi connectivity index (χ0v) is 11.5. The highest BCUT2D eigenvalue weighted by Crippen LogP contribution is 2.38. The fraction of sp³-hybridized carbons (Fsp3) is 0.357. The fourth-order valence-corrected chi connectivity index (χ4v) is 2.20. The Labute approximate surface area is 121 Å². The third-order valence-electron chi connectivity index (χ3n) is 3.62. The standard InChI is InChI=1S/C14H13N7/c1-8(11-6-19-12(7-18-11)9-3-4-9)21-14(16)13(17-2)10(5-15)20-21/h6-9H,3-4,16H2,1H3. The molecule has 0 spiro atoms. The van der Waals surface area contributed by atoms with Gasteiger partial charge in [0.1, 0.15) is 11.9 Å². The second kappa shape index (κ2) is 4.88. The van der Waals surface area contributed by atoms with Gasteiger partial charge >= 0.3 is 0 Å². The van der Waals surface area contributed by atoms with Gasteiger partial charge in [-0.2, -0.15) is 10.4 Å². The minimum Gasteiger partial charge on any atom is -0.393 e. The average Bonchev–Trinajstić information content (AvgIpc) is 3.30. The Hall–Kier alpha value is -2.93. The van der Waals surface area contributed by atoms with Crippen molar-refractivity contribution in [2.75, 3.05) is 5.73 Å². The quantitative estimate of drug-likeness (QED) is 0.868. The van der Waals surface area contributed by atoms with Crippen LogP contribution in [0.2, 0.25) is 0 Å². The smallest absolute Gasteiger partial charge is 0.264 e. The van der Waals surface area contributed by atoms with Crippen molar-refractivity contribution in [1.82, 2.24) is 19.7 Å². The molecule has 1 fully saturated rings. The Balaban J connectivity index is 1.94. The Morgan fingerprint density at radius 3 is 2.71 bits per heavy atom. The van der Waals surface area contributed by atoms with Crippen LogP contribution in [0.4, 0.5) is 11.5 Å². The summed E-state index contributed by atoms with van der Waals surface area (Å²) in [6.07, 6.45) is 5.85. The molecule has 0 bridgehead atoms. The average molecular weight is 279 g/mol. The lowest BCUT2D eigenvalue weighted by molar-refractivity contribution is 0.555. The highest BCUT2D eigenvalue weighted by molar-refractivity contribution is 5.70. The molecule has 7 heteroatoms.